The van der Waals surface area contributed by atoms with Crippen molar-refractivity contribution in [1.82, 2.24) is 9.55 Å². The van der Waals surface area contributed by atoms with Gasteiger partial charge in [-0.25, -0.2) is 0 Å². The van der Waals surface area contributed by atoms with Crippen molar-refractivity contribution in [3.63, 3.8) is 0 Å². The van der Waals surface area contributed by atoms with Crippen molar-refractivity contribution in [2.45, 2.75) is 6.92 Å². The highest BCUT2D eigenvalue weighted by atomic mass is 16.5. The standard InChI is InChI=1S/C19H16N2O2/c1-12-7-8-20-18-9-14(4-6-16(12)18)21-11-13-3-5-15(23-2)10-17(13)19(21)22/h3-11,22H,1-2H3. The predicted molar refractivity (Wildman–Crippen MR) is 91.5 cm³/mol. The Balaban J connectivity index is 1.93. The lowest BCUT2D eigenvalue weighted by atomic mass is 10.1. The molecule has 2 aromatic heterocycles. The molecule has 0 aliphatic rings. The van der Waals surface area contributed by atoms with E-state index in [1.165, 1.54) is 5.56 Å². The fourth-order valence-corrected chi connectivity index (χ4v) is 2.92. The van der Waals surface area contributed by atoms with Gasteiger partial charge in [-0.05, 0) is 48.9 Å². The van der Waals surface area contributed by atoms with Crippen LogP contribution in [0.1, 0.15) is 5.56 Å². The van der Waals surface area contributed by atoms with Crippen LogP contribution >= 0.6 is 0 Å². The molecule has 0 fully saturated rings. The highest BCUT2D eigenvalue weighted by Gasteiger charge is 2.11. The first-order valence-electron chi connectivity index (χ1n) is 7.41. The van der Waals surface area contributed by atoms with Crippen molar-refractivity contribution in [2.24, 2.45) is 0 Å². The van der Waals surface area contributed by atoms with E-state index in [1.807, 2.05) is 48.7 Å². The summed E-state index contributed by atoms with van der Waals surface area (Å²) in [5, 5.41) is 13.4. The summed E-state index contributed by atoms with van der Waals surface area (Å²) < 4.78 is 7.00. The molecule has 23 heavy (non-hydrogen) atoms. The van der Waals surface area contributed by atoms with Gasteiger partial charge in [0.25, 0.3) is 0 Å². The molecule has 114 valence electrons. The minimum absolute atomic E-state index is 0.200. The van der Waals surface area contributed by atoms with Gasteiger partial charge in [0.2, 0.25) is 5.88 Å². The number of benzene rings is 2. The number of methoxy groups -OCH3 is 1. The number of pyridine rings is 1. The normalized spacial score (nSPS) is 11.2. The van der Waals surface area contributed by atoms with Gasteiger partial charge in [-0.2, -0.15) is 0 Å². The van der Waals surface area contributed by atoms with E-state index in [0.29, 0.717) is 0 Å². The molecule has 4 heteroatoms. The second-order valence-corrected chi connectivity index (χ2v) is 5.61. The lowest BCUT2D eigenvalue weighted by Crippen LogP contribution is -1.92. The summed E-state index contributed by atoms with van der Waals surface area (Å²) in [6.07, 6.45) is 3.72. The van der Waals surface area contributed by atoms with Crippen molar-refractivity contribution in [1.29, 1.82) is 0 Å². The molecule has 0 amide bonds. The Kier molecular flexibility index (Phi) is 2.98. The largest absolute Gasteiger partial charge is 0.497 e. The third-order valence-corrected chi connectivity index (χ3v) is 4.22. The molecule has 2 aromatic carbocycles. The van der Waals surface area contributed by atoms with Gasteiger partial charge < -0.3 is 9.84 Å². The number of fused-ring (bicyclic) bond motifs is 2. The van der Waals surface area contributed by atoms with Crippen molar-refractivity contribution >= 4 is 21.7 Å². The molecule has 0 saturated heterocycles. The van der Waals surface area contributed by atoms with Gasteiger partial charge in [-0.3, -0.25) is 9.55 Å². The van der Waals surface area contributed by atoms with Crippen molar-refractivity contribution in [2.75, 3.05) is 7.11 Å². The number of aromatic hydroxyl groups is 1. The van der Waals surface area contributed by atoms with E-state index < -0.39 is 0 Å². The van der Waals surface area contributed by atoms with E-state index in [1.54, 1.807) is 17.9 Å². The first-order valence-corrected chi connectivity index (χ1v) is 7.41. The Morgan fingerprint density at radius 2 is 1.91 bits per heavy atom. The fraction of sp³-hybridized carbons (Fsp3) is 0.105. The Morgan fingerprint density at radius 3 is 2.74 bits per heavy atom. The fourth-order valence-electron chi connectivity index (χ4n) is 2.92. The molecule has 4 rings (SSSR count). The molecule has 0 bridgehead atoms. The number of nitrogens with zero attached hydrogens (tertiary/aromatic N) is 2. The van der Waals surface area contributed by atoms with Crippen molar-refractivity contribution < 1.29 is 9.84 Å². The van der Waals surface area contributed by atoms with Crippen molar-refractivity contribution in [3.8, 4) is 17.3 Å². The van der Waals surface area contributed by atoms with Crippen molar-refractivity contribution in [3.05, 3.63) is 60.4 Å². The van der Waals surface area contributed by atoms with E-state index in [-0.39, 0.29) is 5.88 Å². The summed E-state index contributed by atoms with van der Waals surface area (Å²) in [6, 6.07) is 13.7. The highest BCUT2D eigenvalue weighted by molar-refractivity contribution is 5.91. The molecule has 0 radical (unpaired) electrons. The van der Waals surface area contributed by atoms with Crippen LogP contribution in [0.4, 0.5) is 0 Å². The molecule has 2 heterocycles. The van der Waals surface area contributed by atoms with Crippen LogP contribution in [0.5, 0.6) is 11.6 Å². The Morgan fingerprint density at radius 1 is 1.04 bits per heavy atom. The molecule has 0 spiro atoms. The predicted octanol–water partition coefficient (Wildman–Crippen LogP) is 4.20. The van der Waals surface area contributed by atoms with Gasteiger partial charge in [-0.1, -0.05) is 6.07 Å². The Bertz CT molecular complexity index is 1030. The van der Waals surface area contributed by atoms with Crippen LogP contribution in [0.3, 0.4) is 0 Å². The first-order chi connectivity index (χ1) is 11.2. The van der Waals surface area contributed by atoms with E-state index in [0.717, 1.165) is 33.1 Å². The third-order valence-electron chi connectivity index (χ3n) is 4.22. The smallest absolute Gasteiger partial charge is 0.203 e. The van der Waals surface area contributed by atoms with Crippen LogP contribution in [0.25, 0.3) is 27.4 Å². The van der Waals surface area contributed by atoms with Crippen LogP contribution in [-0.4, -0.2) is 21.8 Å². The number of hydrogen-bond donors (Lipinski definition) is 1. The minimum atomic E-state index is 0.200. The quantitative estimate of drug-likeness (QED) is 0.603. The van der Waals surface area contributed by atoms with Gasteiger partial charge in [0.05, 0.1) is 18.3 Å². The average molecular weight is 304 g/mol. The number of aryl methyl sites for hydroxylation is 1. The molecular formula is C19H16N2O2. The zero-order chi connectivity index (χ0) is 16.0. The van der Waals surface area contributed by atoms with Crippen LogP contribution in [-0.2, 0) is 0 Å². The van der Waals surface area contributed by atoms with Crippen LogP contribution in [0.2, 0.25) is 0 Å². The van der Waals surface area contributed by atoms with E-state index in [9.17, 15) is 5.11 Å². The first kappa shape index (κ1) is 13.6. The van der Waals surface area contributed by atoms with E-state index >= 15 is 0 Å². The lowest BCUT2D eigenvalue weighted by molar-refractivity contribution is 0.414. The van der Waals surface area contributed by atoms with Crippen LogP contribution in [0.15, 0.2) is 54.9 Å². The zero-order valence-corrected chi connectivity index (χ0v) is 12.9. The molecule has 1 N–H and O–H groups in total. The SMILES string of the molecule is COc1ccc2cn(-c3ccc4c(C)ccnc4c3)c(O)c2c1. The number of aromatic nitrogens is 2. The summed E-state index contributed by atoms with van der Waals surface area (Å²) in [5.74, 6) is 0.923. The van der Waals surface area contributed by atoms with Crippen LogP contribution < -0.4 is 4.74 Å². The molecule has 0 unspecified atom stereocenters. The summed E-state index contributed by atoms with van der Waals surface area (Å²) in [6.45, 7) is 2.07. The lowest BCUT2D eigenvalue weighted by Gasteiger charge is -2.07. The van der Waals surface area contributed by atoms with Crippen LogP contribution in [0, 0.1) is 6.92 Å². The molecule has 0 aliphatic heterocycles. The molecule has 4 nitrogen and oxygen atoms in total. The van der Waals surface area contributed by atoms with Gasteiger partial charge in [-0.15, -0.1) is 0 Å². The zero-order valence-electron chi connectivity index (χ0n) is 12.9. The second kappa shape index (κ2) is 5.02. The summed E-state index contributed by atoms with van der Waals surface area (Å²) in [4.78, 5) is 4.42. The van der Waals surface area contributed by atoms with E-state index in [2.05, 4.69) is 11.9 Å². The molecule has 4 aromatic rings. The number of ether oxygens (including phenoxy) is 1. The number of rotatable bonds is 2. The monoisotopic (exact) mass is 304 g/mol. The second-order valence-electron chi connectivity index (χ2n) is 5.61. The maximum Gasteiger partial charge on any atom is 0.203 e. The minimum Gasteiger partial charge on any atom is -0.497 e. The van der Waals surface area contributed by atoms with Gasteiger partial charge >= 0.3 is 0 Å². The molecule has 0 saturated carbocycles. The summed E-state index contributed by atoms with van der Waals surface area (Å²) in [5.41, 5.74) is 2.98. The Hall–Kier alpha value is -3.01. The molecule has 0 atom stereocenters. The molecule has 0 aliphatic carbocycles. The van der Waals surface area contributed by atoms with Gasteiger partial charge in [0, 0.05) is 28.6 Å². The third kappa shape index (κ3) is 2.11. The number of hydrogen-bond acceptors (Lipinski definition) is 3. The summed E-state index contributed by atoms with van der Waals surface area (Å²) in [7, 11) is 1.62. The average Bonchev–Trinajstić information content (AvgIpc) is 2.91. The summed E-state index contributed by atoms with van der Waals surface area (Å²) >= 11 is 0. The van der Waals surface area contributed by atoms with E-state index in [4.69, 9.17) is 4.74 Å². The molecular weight excluding hydrogens is 288 g/mol. The maximum atomic E-state index is 10.6. The van der Waals surface area contributed by atoms with Gasteiger partial charge in [0.1, 0.15) is 5.75 Å². The Labute approximate surface area is 133 Å². The van der Waals surface area contributed by atoms with Gasteiger partial charge in [0.15, 0.2) is 0 Å². The maximum absolute atomic E-state index is 10.6. The topological polar surface area (TPSA) is 47.3 Å². The highest BCUT2D eigenvalue weighted by Crippen LogP contribution is 2.33.